The van der Waals surface area contributed by atoms with E-state index in [1.165, 1.54) is 0 Å². The predicted octanol–water partition coefficient (Wildman–Crippen LogP) is 7.80. The van der Waals surface area contributed by atoms with Gasteiger partial charge in [-0.15, -0.1) is 0 Å². The molecule has 2 N–H and O–H groups in total. The van der Waals surface area contributed by atoms with Gasteiger partial charge in [-0.2, -0.15) is 13.2 Å². The predicted molar refractivity (Wildman–Crippen MR) is 156 cm³/mol. The Kier molecular flexibility index (Phi) is 9.97. The van der Waals surface area contributed by atoms with Crippen molar-refractivity contribution in [1.82, 2.24) is 0 Å². The van der Waals surface area contributed by atoms with Crippen molar-refractivity contribution in [2.75, 3.05) is 6.61 Å². The third-order valence-corrected chi connectivity index (χ3v) is 7.54. The smallest absolute Gasteiger partial charge is 0.303 e. The Labute approximate surface area is 246 Å². The first-order valence-corrected chi connectivity index (χ1v) is 15.0. The highest BCUT2D eigenvalue weighted by molar-refractivity contribution is 7.46. The number of aryl methyl sites for hydroxylation is 2. The summed E-state index contributed by atoms with van der Waals surface area (Å²) in [4.78, 5) is 35.5. The number of aliphatic imine (C=N–C) groups is 1. The molecule has 1 aliphatic rings. The first-order valence-electron chi connectivity index (χ1n) is 13.5. The van der Waals surface area contributed by atoms with Crippen LogP contribution >= 0.6 is 7.82 Å². The van der Waals surface area contributed by atoms with Gasteiger partial charge in [-0.3, -0.25) is 14.3 Å². The van der Waals surface area contributed by atoms with Crippen molar-refractivity contribution in [1.29, 1.82) is 0 Å². The molecule has 0 amide bonds. The van der Waals surface area contributed by atoms with Gasteiger partial charge in [0.2, 0.25) is 0 Å². The molecule has 226 valence electrons. The molecule has 0 radical (unpaired) electrons. The molecule has 0 saturated carbocycles. The third-order valence-electron chi connectivity index (χ3n) is 7.02. The second kappa shape index (κ2) is 13.3. The van der Waals surface area contributed by atoms with Crippen LogP contribution < -0.4 is 0 Å². The minimum absolute atomic E-state index is 0.112. The number of alkyl halides is 3. The molecular formula is C32H30F4NO5P. The number of halogens is 4. The minimum atomic E-state index is -4.65. The number of hydrogen-bond donors (Lipinski definition) is 2. The van der Waals surface area contributed by atoms with Crippen molar-refractivity contribution < 1.29 is 41.2 Å². The summed E-state index contributed by atoms with van der Waals surface area (Å²) in [6.07, 6.45) is 0.660. The summed E-state index contributed by atoms with van der Waals surface area (Å²) in [5.41, 5.74) is 4.48. The highest BCUT2D eigenvalue weighted by Crippen LogP contribution is 2.36. The number of carbonyl (C=O) groups is 1. The van der Waals surface area contributed by atoms with E-state index in [9.17, 15) is 26.9 Å². The third kappa shape index (κ3) is 8.67. The lowest BCUT2D eigenvalue weighted by atomic mass is 9.92. The summed E-state index contributed by atoms with van der Waals surface area (Å²) in [6.45, 7) is 3.49. The standard InChI is InChI=1S/C32H30F4NO5P/c1-3-28(23-8-4-21(5-9-23)14-15-42-43(39,40)41)31(38)29-12-7-22(16-20(29)2)6-10-27-11-13-30(37-27)24-17-25(32(34,35)36)19-26(33)18-24/h3-5,7-9,11-12,16-19H,6,10,13-15H2,1-2H3,(H2,39,40,41)/b28-3-. The van der Waals surface area contributed by atoms with E-state index >= 15 is 0 Å². The van der Waals surface area contributed by atoms with Gasteiger partial charge >= 0.3 is 14.0 Å². The van der Waals surface area contributed by atoms with Gasteiger partial charge in [-0.1, -0.05) is 54.6 Å². The Hall–Kier alpha value is -3.69. The van der Waals surface area contributed by atoms with Gasteiger partial charge in [-0.05, 0) is 79.1 Å². The number of phosphoric ester groups is 1. The summed E-state index contributed by atoms with van der Waals surface area (Å²) in [6, 6.07) is 15.1. The lowest BCUT2D eigenvalue weighted by Crippen LogP contribution is -2.08. The Morgan fingerprint density at radius 3 is 2.33 bits per heavy atom. The van der Waals surface area contributed by atoms with Gasteiger partial charge < -0.3 is 9.79 Å². The van der Waals surface area contributed by atoms with E-state index in [-0.39, 0.29) is 18.0 Å². The van der Waals surface area contributed by atoms with E-state index in [0.29, 0.717) is 59.9 Å². The van der Waals surface area contributed by atoms with Crippen LogP contribution in [0.25, 0.3) is 5.57 Å². The van der Waals surface area contributed by atoms with Crippen LogP contribution in [0.1, 0.15) is 63.5 Å². The van der Waals surface area contributed by atoms with Crippen molar-refractivity contribution >= 4 is 24.9 Å². The second-order valence-corrected chi connectivity index (χ2v) is 11.4. The van der Waals surface area contributed by atoms with E-state index < -0.39 is 25.4 Å². The van der Waals surface area contributed by atoms with Crippen LogP contribution in [0.4, 0.5) is 17.6 Å². The van der Waals surface area contributed by atoms with E-state index in [1.807, 2.05) is 25.1 Å². The number of rotatable bonds is 11. The normalized spacial score (nSPS) is 14.1. The SMILES string of the molecule is C/C=C(\C(=O)c1ccc(CCC2=CCC(c3cc(F)cc(C(F)(F)F)c3)=N2)cc1C)c1ccc(CCOP(=O)(O)O)cc1. The van der Waals surface area contributed by atoms with Crippen LogP contribution in [0.15, 0.2) is 83.5 Å². The van der Waals surface area contributed by atoms with Crippen molar-refractivity contribution in [3.05, 3.63) is 123 Å². The van der Waals surface area contributed by atoms with Gasteiger partial charge in [0.25, 0.3) is 0 Å². The van der Waals surface area contributed by atoms with Crippen LogP contribution in [0.2, 0.25) is 0 Å². The van der Waals surface area contributed by atoms with E-state index in [1.54, 1.807) is 43.3 Å². The fraction of sp³-hybridized carbons (Fsp3) is 0.250. The van der Waals surface area contributed by atoms with Crippen molar-refractivity contribution in [2.45, 2.75) is 45.7 Å². The summed E-state index contributed by atoms with van der Waals surface area (Å²) in [5, 5.41) is 0. The summed E-state index contributed by atoms with van der Waals surface area (Å²) >= 11 is 0. The van der Waals surface area contributed by atoms with E-state index in [2.05, 4.69) is 9.52 Å². The summed E-state index contributed by atoms with van der Waals surface area (Å²) in [7, 11) is -4.53. The number of phosphoric acid groups is 1. The number of Topliss-reactive ketones (excluding diaryl/α,β-unsaturated/α-hetero) is 1. The highest BCUT2D eigenvalue weighted by Gasteiger charge is 2.32. The Morgan fingerprint density at radius 1 is 1.00 bits per heavy atom. The molecule has 3 aromatic carbocycles. The van der Waals surface area contributed by atoms with Gasteiger partial charge in [0.15, 0.2) is 5.78 Å². The Bertz CT molecular complexity index is 1650. The zero-order chi connectivity index (χ0) is 31.4. The molecule has 0 aliphatic carbocycles. The molecule has 0 atom stereocenters. The molecule has 0 aromatic heterocycles. The molecule has 6 nitrogen and oxygen atoms in total. The Morgan fingerprint density at radius 2 is 1.70 bits per heavy atom. The molecule has 1 aliphatic heterocycles. The fourth-order valence-electron chi connectivity index (χ4n) is 4.86. The van der Waals surface area contributed by atoms with Crippen LogP contribution in [0, 0.1) is 12.7 Å². The average molecular weight is 616 g/mol. The lowest BCUT2D eigenvalue weighted by molar-refractivity contribution is -0.137. The van der Waals surface area contributed by atoms with Crippen molar-refractivity contribution in [3.63, 3.8) is 0 Å². The van der Waals surface area contributed by atoms with Crippen LogP contribution in [-0.2, 0) is 28.1 Å². The number of carbonyl (C=O) groups excluding carboxylic acids is 1. The topological polar surface area (TPSA) is 96.2 Å². The number of hydrogen-bond acceptors (Lipinski definition) is 4. The maximum atomic E-state index is 13.8. The maximum Gasteiger partial charge on any atom is 0.469 e. The Balaban J connectivity index is 1.39. The molecule has 0 bridgehead atoms. The van der Waals surface area contributed by atoms with Gasteiger partial charge in [0, 0.05) is 23.3 Å². The average Bonchev–Trinajstić information content (AvgIpc) is 3.41. The van der Waals surface area contributed by atoms with E-state index in [0.717, 1.165) is 28.8 Å². The maximum absolute atomic E-state index is 13.8. The number of nitrogens with zero attached hydrogens (tertiary/aromatic N) is 1. The molecule has 11 heteroatoms. The summed E-state index contributed by atoms with van der Waals surface area (Å²) < 4.78 is 68.5. The van der Waals surface area contributed by atoms with Gasteiger partial charge in [0.1, 0.15) is 5.82 Å². The van der Waals surface area contributed by atoms with Crippen LogP contribution in [-0.4, -0.2) is 27.9 Å². The molecule has 1 heterocycles. The first kappa shape index (κ1) is 32.2. The number of benzene rings is 3. The molecule has 43 heavy (non-hydrogen) atoms. The zero-order valence-corrected chi connectivity index (χ0v) is 24.4. The molecule has 0 spiro atoms. The van der Waals surface area contributed by atoms with Gasteiger partial charge in [0.05, 0.1) is 17.9 Å². The minimum Gasteiger partial charge on any atom is -0.303 e. The van der Waals surface area contributed by atoms with Crippen molar-refractivity contribution in [2.24, 2.45) is 4.99 Å². The molecule has 0 unspecified atom stereocenters. The number of allylic oxidation sites excluding steroid dienone is 4. The number of ketones is 1. The van der Waals surface area contributed by atoms with Crippen LogP contribution in [0.3, 0.4) is 0 Å². The largest absolute Gasteiger partial charge is 0.469 e. The zero-order valence-electron chi connectivity index (χ0n) is 23.5. The van der Waals surface area contributed by atoms with Crippen LogP contribution in [0.5, 0.6) is 0 Å². The van der Waals surface area contributed by atoms with E-state index in [4.69, 9.17) is 9.79 Å². The fourth-order valence-corrected chi connectivity index (χ4v) is 5.18. The molecule has 3 aromatic rings. The molecule has 0 saturated heterocycles. The monoisotopic (exact) mass is 615 g/mol. The second-order valence-electron chi connectivity index (χ2n) is 10.1. The first-order chi connectivity index (χ1) is 20.2. The molecule has 0 fully saturated rings. The molecular weight excluding hydrogens is 585 g/mol. The lowest BCUT2D eigenvalue weighted by Gasteiger charge is -2.12. The molecule has 4 rings (SSSR count). The van der Waals surface area contributed by atoms with Crippen molar-refractivity contribution in [3.8, 4) is 0 Å². The van der Waals surface area contributed by atoms with Gasteiger partial charge in [-0.25, -0.2) is 8.96 Å². The summed E-state index contributed by atoms with van der Waals surface area (Å²) in [5.74, 6) is -1.11. The highest BCUT2D eigenvalue weighted by atomic mass is 31.2. The quantitative estimate of drug-likeness (QED) is 0.0994.